The van der Waals surface area contributed by atoms with Gasteiger partial charge in [0.1, 0.15) is 0 Å². The monoisotopic (exact) mass is 216 g/mol. The number of anilines is 1. The van der Waals surface area contributed by atoms with Gasteiger partial charge in [-0.2, -0.15) is 5.26 Å². The number of hydrogen-bond acceptors (Lipinski definition) is 3. The number of aryl methyl sites for hydroxylation is 1. The van der Waals surface area contributed by atoms with Crippen LogP contribution in [-0.2, 0) is 0 Å². The highest BCUT2D eigenvalue weighted by atomic mass is 16.3. The predicted octanol–water partition coefficient (Wildman–Crippen LogP) is 2.05. The second kappa shape index (κ2) is 4.15. The molecule has 3 nitrogen and oxygen atoms in total. The van der Waals surface area contributed by atoms with Crippen molar-refractivity contribution in [1.82, 2.24) is 0 Å². The van der Waals surface area contributed by atoms with E-state index in [2.05, 4.69) is 11.4 Å². The van der Waals surface area contributed by atoms with Crippen molar-refractivity contribution in [1.29, 1.82) is 5.26 Å². The molecule has 0 aromatic heterocycles. The third kappa shape index (κ3) is 2.17. The Balaban J connectivity index is 2.00. The van der Waals surface area contributed by atoms with Gasteiger partial charge in [0.15, 0.2) is 0 Å². The van der Waals surface area contributed by atoms with Gasteiger partial charge in [-0.05, 0) is 43.5 Å². The summed E-state index contributed by atoms with van der Waals surface area (Å²) in [6.45, 7) is 3.01. The summed E-state index contributed by atoms with van der Waals surface area (Å²) in [5.41, 5.74) is 2.84. The fourth-order valence-corrected chi connectivity index (χ4v) is 1.76. The average molecular weight is 216 g/mol. The summed E-state index contributed by atoms with van der Waals surface area (Å²) >= 11 is 0. The highest BCUT2D eigenvalue weighted by molar-refractivity contribution is 5.51. The molecule has 0 heterocycles. The summed E-state index contributed by atoms with van der Waals surface area (Å²) in [5.74, 6) is 0. The van der Waals surface area contributed by atoms with Crippen molar-refractivity contribution < 1.29 is 5.11 Å². The standard InChI is InChI=1S/C13H16N2O/c1-10-6-12(3-2-11(10)7-14)15-8-13(9-16)4-5-13/h2-3,6,15-16H,4-5,8-9H2,1H3. The maximum absolute atomic E-state index is 9.19. The van der Waals surface area contributed by atoms with E-state index in [1.807, 2.05) is 25.1 Å². The van der Waals surface area contributed by atoms with Crippen LogP contribution < -0.4 is 5.32 Å². The van der Waals surface area contributed by atoms with E-state index in [4.69, 9.17) is 5.26 Å². The molecule has 0 bridgehead atoms. The third-order valence-corrected chi connectivity index (χ3v) is 3.31. The van der Waals surface area contributed by atoms with Gasteiger partial charge in [-0.15, -0.1) is 0 Å². The van der Waals surface area contributed by atoms with Crippen molar-refractivity contribution in [2.45, 2.75) is 19.8 Å². The van der Waals surface area contributed by atoms with Crippen LogP contribution in [0.15, 0.2) is 18.2 Å². The minimum absolute atomic E-state index is 0.113. The number of nitrogens with zero attached hydrogens (tertiary/aromatic N) is 1. The van der Waals surface area contributed by atoms with Crippen LogP contribution in [0.25, 0.3) is 0 Å². The van der Waals surface area contributed by atoms with Crippen LogP contribution in [0.3, 0.4) is 0 Å². The van der Waals surface area contributed by atoms with Gasteiger partial charge in [0.05, 0.1) is 18.2 Å². The Labute approximate surface area is 95.7 Å². The zero-order valence-corrected chi connectivity index (χ0v) is 9.45. The highest BCUT2D eigenvalue weighted by Gasteiger charge is 2.41. The highest BCUT2D eigenvalue weighted by Crippen LogP contribution is 2.44. The lowest BCUT2D eigenvalue weighted by Crippen LogP contribution is -2.19. The molecular weight excluding hydrogens is 200 g/mol. The van der Waals surface area contributed by atoms with Crippen LogP contribution in [0.4, 0.5) is 5.69 Å². The summed E-state index contributed by atoms with van der Waals surface area (Å²) < 4.78 is 0. The largest absolute Gasteiger partial charge is 0.396 e. The Morgan fingerprint density at radius 2 is 2.25 bits per heavy atom. The molecule has 2 N–H and O–H groups in total. The van der Waals surface area contributed by atoms with Crippen LogP contribution in [0.5, 0.6) is 0 Å². The Morgan fingerprint density at radius 3 is 2.75 bits per heavy atom. The molecule has 1 fully saturated rings. The fourth-order valence-electron chi connectivity index (χ4n) is 1.76. The number of aliphatic hydroxyl groups is 1. The minimum atomic E-state index is 0.113. The fraction of sp³-hybridized carbons (Fsp3) is 0.462. The number of nitrogens with one attached hydrogen (secondary N) is 1. The average Bonchev–Trinajstić information content (AvgIpc) is 3.07. The molecular formula is C13H16N2O. The molecule has 16 heavy (non-hydrogen) atoms. The summed E-state index contributed by atoms with van der Waals surface area (Å²) in [5, 5.41) is 21.3. The van der Waals surface area contributed by atoms with Crippen molar-refractivity contribution >= 4 is 5.69 Å². The Hall–Kier alpha value is -1.53. The summed E-state index contributed by atoms with van der Waals surface area (Å²) in [7, 11) is 0. The minimum Gasteiger partial charge on any atom is -0.396 e. The molecule has 1 aliphatic carbocycles. The number of rotatable bonds is 4. The lowest BCUT2D eigenvalue weighted by atomic mass is 10.1. The van der Waals surface area contributed by atoms with E-state index in [1.165, 1.54) is 0 Å². The molecule has 0 atom stereocenters. The topological polar surface area (TPSA) is 56.0 Å². The van der Waals surface area contributed by atoms with Crippen LogP contribution in [0.1, 0.15) is 24.0 Å². The first-order valence-corrected chi connectivity index (χ1v) is 5.55. The van der Waals surface area contributed by atoms with Gasteiger partial charge in [0, 0.05) is 17.6 Å². The Kier molecular flexibility index (Phi) is 2.84. The maximum Gasteiger partial charge on any atom is 0.0994 e. The third-order valence-electron chi connectivity index (χ3n) is 3.31. The van der Waals surface area contributed by atoms with E-state index in [1.54, 1.807) is 0 Å². The first-order valence-electron chi connectivity index (χ1n) is 5.55. The van der Waals surface area contributed by atoms with Crippen LogP contribution in [0.2, 0.25) is 0 Å². The first kappa shape index (κ1) is 11.0. The molecule has 1 aromatic rings. The van der Waals surface area contributed by atoms with Crippen molar-refractivity contribution in [3.05, 3.63) is 29.3 Å². The second-order valence-electron chi connectivity index (χ2n) is 4.65. The molecule has 0 amide bonds. The predicted molar refractivity (Wildman–Crippen MR) is 63.1 cm³/mol. The van der Waals surface area contributed by atoms with Gasteiger partial charge < -0.3 is 10.4 Å². The van der Waals surface area contributed by atoms with E-state index < -0.39 is 0 Å². The number of aliphatic hydroxyl groups excluding tert-OH is 1. The molecule has 1 saturated carbocycles. The normalized spacial score (nSPS) is 16.6. The SMILES string of the molecule is Cc1cc(NCC2(CO)CC2)ccc1C#N. The second-order valence-corrected chi connectivity index (χ2v) is 4.65. The van der Waals surface area contributed by atoms with Crippen LogP contribution in [-0.4, -0.2) is 18.3 Å². The van der Waals surface area contributed by atoms with Gasteiger partial charge in [0.2, 0.25) is 0 Å². The molecule has 1 aliphatic rings. The molecule has 0 unspecified atom stereocenters. The number of nitriles is 1. The lowest BCUT2D eigenvalue weighted by Gasteiger charge is -2.14. The van der Waals surface area contributed by atoms with E-state index >= 15 is 0 Å². The van der Waals surface area contributed by atoms with Gasteiger partial charge in [-0.1, -0.05) is 0 Å². The summed E-state index contributed by atoms with van der Waals surface area (Å²) in [4.78, 5) is 0. The molecule has 0 radical (unpaired) electrons. The number of benzene rings is 1. The zero-order valence-electron chi connectivity index (χ0n) is 9.45. The Morgan fingerprint density at radius 1 is 1.50 bits per heavy atom. The summed E-state index contributed by atoms with van der Waals surface area (Å²) in [6, 6.07) is 7.87. The first-order chi connectivity index (χ1) is 7.69. The summed E-state index contributed by atoms with van der Waals surface area (Å²) in [6.07, 6.45) is 2.21. The quantitative estimate of drug-likeness (QED) is 0.810. The Bertz CT molecular complexity index is 430. The van der Waals surface area contributed by atoms with Crippen LogP contribution in [0, 0.1) is 23.7 Å². The zero-order chi connectivity index (χ0) is 11.6. The maximum atomic E-state index is 9.19. The molecule has 84 valence electrons. The van der Waals surface area contributed by atoms with Gasteiger partial charge >= 0.3 is 0 Å². The van der Waals surface area contributed by atoms with Crippen molar-refractivity contribution in [2.75, 3.05) is 18.5 Å². The van der Waals surface area contributed by atoms with E-state index in [0.29, 0.717) is 5.56 Å². The van der Waals surface area contributed by atoms with Gasteiger partial charge in [-0.25, -0.2) is 0 Å². The molecule has 0 saturated heterocycles. The van der Waals surface area contributed by atoms with E-state index in [0.717, 1.165) is 30.6 Å². The molecule has 0 spiro atoms. The number of hydrogen-bond donors (Lipinski definition) is 2. The van der Waals surface area contributed by atoms with Crippen LogP contribution >= 0.6 is 0 Å². The molecule has 2 rings (SSSR count). The van der Waals surface area contributed by atoms with E-state index in [9.17, 15) is 5.11 Å². The molecule has 1 aromatic carbocycles. The molecule has 3 heteroatoms. The molecule has 0 aliphatic heterocycles. The lowest BCUT2D eigenvalue weighted by molar-refractivity contribution is 0.220. The smallest absolute Gasteiger partial charge is 0.0994 e. The van der Waals surface area contributed by atoms with Gasteiger partial charge in [0.25, 0.3) is 0 Å². The van der Waals surface area contributed by atoms with Gasteiger partial charge in [-0.3, -0.25) is 0 Å². The van der Waals surface area contributed by atoms with Crippen molar-refractivity contribution in [3.63, 3.8) is 0 Å². The van der Waals surface area contributed by atoms with Crippen molar-refractivity contribution in [2.24, 2.45) is 5.41 Å². The van der Waals surface area contributed by atoms with Crippen molar-refractivity contribution in [3.8, 4) is 6.07 Å². The van der Waals surface area contributed by atoms with E-state index in [-0.39, 0.29) is 12.0 Å².